The zero-order valence-corrected chi connectivity index (χ0v) is 7.79. The van der Waals surface area contributed by atoms with Gasteiger partial charge in [-0.05, 0) is 30.9 Å². The maximum atomic E-state index is 5.68. The van der Waals surface area contributed by atoms with Crippen LogP contribution in [0.15, 0.2) is 12.3 Å². The lowest BCUT2D eigenvalue weighted by molar-refractivity contribution is 0.302. The molecular formula is C10H14N2O. The van der Waals surface area contributed by atoms with Crippen LogP contribution in [0.25, 0.3) is 0 Å². The number of nitrogen functional groups attached to an aromatic ring is 1. The lowest BCUT2D eigenvalue weighted by Gasteiger charge is -2.06. The van der Waals surface area contributed by atoms with Gasteiger partial charge in [0.05, 0.1) is 12.3 Å². The van der Waals surface area contributed by atoms with E-state index < -0.39 is 0 Å². The summed E-state index contributed by atoms with van der Waals surface area (Å²) in [5.74, 6) is 1.47. The van der Waals surface area contributed by atoms with E-state index in [9.17, 15) is 0 Å². The molecule has 1 aromatic rings. The summed E-state index contributed by atoms with van der Waals surface area (Å²) in [6.45, 7) is 2.06. The molecular weight excluding hydrogens is 164 g/mol. The highest BCUT2D eigenvalue weighted by atomic mass is 16.5. The molecule has 70 valence electrons. The smallest absolute Gasteiger partial charge is 0.138 e. The lowest BCUT2D eigenvalue weighted by Crippen LogP contribution is -2.00. The van der Waals surface area contributed by atoms with Crippen LogP contribution in [-0.4, -0.2) is 11.1 Å². The van der Waals surface area contributed by atoms with Crippen LogP contribution in [0.1, 0.15) is 25.3 Å². The third-order valence-corrected chi connectivity index (χ3v) is 2.18. The normalized spacial score (nSPS) is 15.8. The summed E-state index contributed by atoms with van der Waals surface area (Å²) in [7, 11) is 0. The number of nitrogens with zero attached hydrogens (tertiary/aromatic N) is 1. The molecule has 3 heteroatoms. The van der Waals surface area contributed by atoms with E-state index in [-0.39, 0.29) is 0 Å². The molecule has 0 amide bonds. The summed E-state index contributed by atoms with van der Waals surface area (Å²) in [5.41, 5.74) is 6.75. The van der Waals surface area contributed by atoms with E-state index in [1.165, 1.54) is 12.8 Å². The van der Waals surface area contributed by atoms with Gasteiger partial charge in [0.15, 0.2) is 0 Å². The maximum Gasteiger partial charge on any atom is 0.138 e. The second kappa shape index (κ2) is 3.24. The van der Waals surface area contributed by atoms with Crippen LogP contribution >= 0.6 is 0 Å². The van der Waals surface area contributed by atoms with Gasteiger partial charge in [-0.15, -0.1) is 0 Å². The number of aromatic nitrogens is 1. The third kappa shape index (κ3) is 1.91. The molecule has 3 nitrogen and oxygen atoms in total. The van der Waals surface area contributed by atoms with Crippen molar-refractivity contribution in [1.82, 2.24) is 4.98 Å². The molecule has 0 spiro atoms. The topological polar surface area (TPSA) is 48.1 Å². The molecule has 1 aliphatic carbocycles. The van der Waals surface area contributed by atoms with Crippen molar-refractivity contribution in [2.45, 2.75) is 32.3 Å². The van der Waals surface area contributed by atoms with Gasteiger partial charge in [0.25, 0.3) is 0 Å². The first kappa shape index (κ1) is 8.35. The van der Waals surface area contributed by atoms with Gasteiger partial charge in [0, 0.05) is 0 Å². The van der Waals surface area contributed by atoms with Gasteiger partial charge < -0.3 is 10.5 Å². The molecule has 0 aliphatic heterocycles. The van der Waals surface area contributed by atoms with Crippen molar-refractivity contribution in [2.75, 3.05) is 5.73 Å². The first-order chi connectivity index (χ1) is 6.29. The second-order valence-electron chi connectivity index (χ2n) is 3.39. The zero-order valence-electron chi connectivity index (χ0n) is 7.79. The monoisotopic (exact) mass is 178 g/mol. The van der Waals surface area contributed by atoms with E-state index >= 15 is 0 Å². The Morgan fingerprint density at radius 1 is 1.62 bits per heavy atom. The molecule has 1 heterocycles. The van der Waals surface area contributed by atoms with Crippen molar-refractivity contribution >= 4 is 5.82 Å². The maximum absolute atomic E-state index is 5.68. The molecule has 2 rings (SSSR count). The van der Waals surface area contributed by atoms with Gasteiger partial charge in [0.1, 0.15) is 11.6 Å². The van der Waals surface area contributed by atoms with Gasteiger partial charge in [-0.3, -0.25) is 0 Å². The summed E-state index contributed by atoms with van der Waals surface area (Å²) in [5, 5.41) is 0. The Hall–Kier alpha value is -1.25. The van der Waals surface area contributed by atoms with Gasteiger partial charge >= 0.3 is 0 Å². The van der Waals surface area contributed by atoms with Crippen molar-refractivity contribution in [3.8, 4) is 5.75 Å². The van der Waals surface area contributed by atoms with Gasteiger partial charge in [-0.2, -0.15) is 0 Å². The first-order valence-electron chi connectivity index (χ1n) is 4.70. The number of hydrogen-bond donors (Lipinski definition) is 1. The fourth-order valence-corrected chi connectivity index (χ4v) is 1.22. The van der Waals surface area contributed by atoms with Crippen LogP contribution < -0.4 is 10.5 Å². The highest BCUT2D eigenvalue weighted by Gasteiger charge is 2.23. The van der Waals surface area contributed by atoms with Gasteiger partial charge in [-0.25, -0.2) is 4.98 Å². The van der Waals surface area contributed by atoms with Crippen LogP contribution in [0.5, 0.6) is 5.75 Å². The highest BCUT2D eigenvalue weighted by Crippen LogP contribution is 2.27. The molecule has 1 aromatic heterocycles. The quantitative estimate of drug-likeness (QED) is 0.767. The number of aryl methyl sites for hydroxylation is 1. The van der Waals surface area contributed by atoms with Crippen LogP contribution in [0.4, 0.5) is 5.82 Å². The SMILES string of the molecule is CCc1cc(OC2CC2)cnc1N. The molecule has 0 bridgehead atoms. The Morgan fingerprint density at radius 3 is 3.00 bits per heavy atom. The van der Waals surface area contributed by atoms with Gasteiger partial charge in [0.2, 0.25) is 0 Å². The van der Waals surface area contributed by atoms with Crippen molar-refractivity contribution in [2.24, 2.45) is 0 Å². The van der Waals surface area contributed by atoms with E-state index in [1.807, 2.05) is 6.07 Å². The average molecular weight is 178 g/mol. The predicted octanol–water partition coefficient (Wildman–Crippen LogP) is 1.77. The molecule has 1 aliphatic rings. The number of nitrogens with two attached hydrogens (primary N) is 1. The molecule has 13 heavy (non-hydrogen) atoms. The summed E-state index contributed by atoms with van der Waals surface area (Å²) in [6, 6.07) is 1.99. The zero-order chi connectivity index (χ0) is 9.26. The Morgan fingerprint density at radius 2 is 2.38 bits per heavy atom. The Kier molecular flexibility index (Phi) is 2.08. The lowest BCUT2D eigenvalue weighted by atomic mass is 10.2. The van der Waals surface area contributed by atoms with E-state index in [1.54, 1.807) is 6.20 Å². The number of rotatable bonds is 3. The summed E-state index contributed by atoms with van der Waals surface area (Å²) >= 11 is 0. The highest BCUT2D eigenvalue weighted by molar-refractivity contribution is 5.42. The van der Waals surface area contributed by atoms with Crippen LogP contribution in [-0.2, 0) is 6.42 Å². The van der Waals surface area contributed by atoms with E-state index in [2.05, 4.69) is 11.9 Å². The van der Waals surface area contributed by atoms with Crippen molar-refractivity contribution in [3.63, 3.8) is 0 Å². The number of pyridine rings is 1. The van der Waals surface area contributed by atoms with E-state index in [0.717, 1.165) is 17.7 Å². The standard InChI is InChI=1S/C10H14N2O/c1-2-7-5-9(6-12-10(7)11)13-8-3-4-8/h5-6,8H,2-4H2,1H3,(H2,11,12). The average Bonchev–Trinajstić information content (AvgIpc) is 2.92. The second-order valence-corrected chi connectivity index (χ2v) is 3.39. The molecule has 0 radical (unpaired) electrons. The van der Waals surface area contributed by atoms with Gasteiger partial charge in [-0.1, -0.05) is 6.92 Å². The summed E-state index contributed by atoms with van der Waals surface area (Å²) in [6.07, 6.45) is 5.38. The van der Waals surface area contributed by atoms with E-state index in [4.69, 9.17) is 10.5 Å². The van der Waals surface area contributed by atoms with Crippen LogP contribution in [0, 0.1) is 0 Å². The Bertz CT molecular complexity index is 308. The number of ether oxygens (including phenoxy) is 1. The molecule has 0 atom stereocenters. The number of hydrogen-bond acceptors (Lipinski definition) is 3. The molecule has 2 N–H and O–H groups in total. The van der Waals surface area contributed by atoms with Crippen molar-refractivity contribution in [1.29, 1.82) is 0 Å². The van der Waals surface area contributed by atoms with Crippen molar-refractivity contribution in [3.05, 3.63) is 17.8 Å². The minimum Gasteiger partial charge on any atom is -0.489 e. The Balaban J connectivity index is 2.16. The fourth-order valence-electron chi connectivity index (χ4n) is 1.22. The minimum absolute atomic E-state index is 0.426. The number of anilines is 1. The summed E-state index contributed by atoms with van der Waals surface area (Å²) < 4.78 is 5.60. The molecule has 1 fully saturated rings. The molecule has 0 saturated heterocycles. The predicted molar refractivity (Wildman–Crippen MR) is 51.7 cm³/mol. The third-order valence-electron chi connectivity index (χ3n) is 2.18. The van der Waals surface area contributed by atoms with Crippen LogP contribution in [0.2, 0.25) is 0 Å². The fraction of sp³-hybridized carbons (Fsp3) is 0.500. The Labute approximate surface area is 77.9 Å². The molecule has 0 aromatic carbocycles. The molecule has 1 saturated carbocycles. The van der Waals surface area contributed by atoms with Crippen LogP contribution in [0.3, 0.4) is 0 Å². The minimum atomic E-state index is 0.426. The van der Waals surface area contributed by atoms with Crippen molar-refractivity contribution < 1.29 is 4.74 Å². The molecule has 0 unspecified atom stereocenters. The largest absolute Gasteiger partial charge is 0.489 e. The first-order valence-corrected chi connectivity index (χ1v) is 4.70. The summed E-state index contributed by atoms with van der Waals surface area (Å²) in [4.78, 5) is 4.08. The van der Waals surface area contributed by atoms with E-state index in [0.29, 0.717) is 11.9 Å².